The summed E-state index contributed by atoms with van der Waals surface area (Å²) in [5.41, 5.74) is 3.66. The predicted molar refractivity (Wildman–Crippen MR) is 111 cm³/mol. The number of carbonyl (C=O) groups is 2. The highest BCUT2D eigenvalue weighted by Gasteiger charge is 2.32. The SMILES string of the molecule is Cc1ccc(C(=O)CC2S/C(=N\N=C\c3ccc(Cl)cc3)NC2=O)cc1C. The number of benzene rings is 2. The summed E-state index contributed by atoms with van der Waals surface area (Å²) in [4.78, 5) is 24.6. The molecule has 27 heavy (non-hydrogen) atoms. The standard InChI is InChI=1S/C20H18ClN3O2S/c1-12-3-6-15(9-13(12)2)17(25)10-18-19(26)23-20(27-18)24-22-11-14-4-7-16(21)8-5-14/h3-9,11,18H,10H2,1-2H3,(H,23,24,26)/b22-11+. The molecule has 2 aromatic rings. The molecule has 1 atom stereocenters. The molecular weight excluding hydrogens is 382 g/mol. The molecule has 3 rings (SSSR count). The van der Waals surface area contributed by atoms with Gasteiger partial charge in [-0.1, -0.05) is 47.6 Å². The molecule has 2 aromatic carbocycles. The molecule has 1 aliphatic rings. The van der Waals surface area contributed by atoms with Crippen LogP contribution in [-0.2, 0) is 4.79 Å². The van der Waals surface area contributed by atoms with Crippen molar-refractivity contribution in [3.05, 3.63) is 69.7 Å². The van der Waals surface area contributed by atoms with Crippen LogP contribution in [0.1, 0.15) is 33.5 Å². The lowest BCUT2D eigenvalue weighted by Gasteiger charge is -2.06. The number of aryl methyl sites for hydroxylation is 2. The predicted octanol–water partition coefficient (Wildman–Crippen LogP) is 4.15. The number of carbonyl (C=O) groups excluding carboxylic acids is 2. The van der Waals surface area contributed by atoms with Crippen molar-refractivity contribution >= 4 is 46.4 Å². The van der Waals surface area contributed by atoms with Crippen molar-refractivity contribution in [2.24, 2.45) is 10.2 Å². The molecule has 1 fully saturated rings. The molecule has 0 aromatic heterocycles. The van der Waals surface area contributed by atoms with Gasteiger partial charge in [0.2, 0.25) is 5.91 Å². The average molecular weight is 400 g/mol. The van der Waals surface area contributed by atoms with Crippen LogP contribution in [0, 0.1) is 13.8 Å². The van der Waals surface area contributed by atoms with Crippen molar-refractivity contribution in [3.8, 4) is 0 Å². The fourth-order valence-corrected chi connectivity index (χ4v) is 3.53. The van der Waals surface area contributed by atoms with Crippen LogP contribution in [0.25, 0.3) is 0 Å². The summed E-state index contributed by atoms with van der Waals surface area (Å²) in [6, 6.07) is 12.7. The van der Waals surface area contributed by atoms with Gasteiger partial charge in [-0.25, -0.2) is 0 Å². The van der Waals surface area contributed by atoms with E-state index >= 15 is 0 Å². The minimum absolute atomic E-state index is 0.0586. The Hall–Kier alpha value is -2.44. The van der Waals surface area contributed by atoms with Gasteiger partial charge in [0.05, 0.1) is 11.5 Å². The summed E-state index contributed by atoms with van der Waals surface area (Å²) in [7, 11) is 0. The monoisotopic (exact) mass is 399 g/mol. The van der Waals surface area contributed by atoms with E-state index < -0.39 is 5.25 Å². The number of ketones is 1. The van der Waals surface area contributed by atoms with E-state index in [4.69, 9.17) is 11.6 Å². The van der Waals surface area contributed by atoms with Crippen LogP contribution in [0.3, 0.4) is 0 Å². The zero-order valence-corrected chi connectivity index (χ0v) is 16.5. The first-order chi connectivity index (χ1) is 12.9. The van der Waals surface area contributed by atoms with Gasteiger partial charge in [-0.2, -0.15) is 5.10 Å². The van der Waals surface area contributed by atoms with E-state index in [1.54, 1.807) is 24.4 Å². The highest BCUT2D eigenvalue weighted by Crippen LogP contribution is 2.24. The quantitative estimate of drug-likeness (QED) is 0.466. The fraction of sp³-hybridized carbons (Fsp3) is 0.200. The Labute approximate surface area is 166 Å². The van der Waals surface area contributed by atoms with E-state index in [-0.39, 0.29) is 18.1 Å². The Kier molecular flexibility index (Phi) is 6.08. The van der Waals surface area contributed by atoms with E-state index in [2.05, 4.69) is 15.5 Å². The van der Waals surface area contributed by atoms with Gasteiger partial charge >= 0.3 is 0 Å². The van der Waals surface area contributed by atoms with E-state index in [1.807, 2.05) is 38.1 Å². The Morgan fingerprint density at radius 1 is 1.19 bits per heavy atom. The summed E-state index contributed by atoms with van der Waals surface area (Å²) >= 11 is 7.05. The first-order valence-electron chi connectivity index (χ1n) is 8.37. The maximum absolute atomic E-state index is 12.5. The number of thioether (sulfide) groups is 1. The Morgan fingerprint density at radius 3 is 2.63 bits per heavy atom. The zero-order chi connectivity index (χ0) is 19.4. The second-order valence-corrected chi connectivity index (χ2v) is 7.85. The molecule has 0 spiro atoms. The molecule has 1 amide bonds. The highest BCUT2D eigenvalue weighted by molar-refractivity contribution is 8.15. The number of hydrogen-bond donors (Lipinski definition) is 1. The van der Waals surface area contributed by atoms with Gasteiger partial charge in [-0.15, -0.1) is 5.10 Å². The summed E-state index contributed by atoms with van der Waals surface area (Å²) in [6.45, 7) is 3.96. The normalized spacial score (nSPS) is 18.3. The number of rotatable bonds is 5. The number of hydrogen-bond acceptors (Lipinski definition) is 5. The molecule has 1 unspecified atom stereocenters. The summed E-state index contributed by atoms with van der Waals surface area (Å²) in [6.07, 6.45) is 1.70. The second kappa shape index (κ2) is 8.50. The van der Waals surface area contributed by atoms with Gasteiger partial charge in [0.15, 0.2) is 11.0 Å². The van der Waals surface area contributed by atoms with Crippen molar-refractivity contribution in [2.75, 3.05) is 0 Å². The maximum Gasteiger partial charge on any atom is 0.240 e. The van der Waals surface area contributed by atoms with Crippen molar-refractivity contribution in [3.63, 3.8) is 0 Å². The summed E-state index contributed by atoms with van der Waals surface area (Å²) < 4.78 is 0. The van der Waals surface area contributed by atoms with Crippen molar-refractivity contribution < 1.29 is 9.59 Å². The maximum atomic E-state index is 12.5. The van der Waals surface area contributed by atoms with E-state index in [0.29, 0.717) is 15.8 Å². The molecule has 1 saturated heterocycles. The number of Topliss-reactive ketones (excluding diaryl/α,β-unsaturated/α-hetero) is 1. The third kappa shape index (κ3) is 5.05. The summed E-state index contributed by atoms with van der Waals surface area (Å²) in [5.74, 6) is -0.283. The lowest BCUT2D eigenvalue weighted by Crippen LogP contribution is -2.26. The molecule has 138 valence electrons. The minimum Gasteiger partial charge on any atom is -0.303 e. The summed E-state index contributed by atoms with van der Waals surface area (Å²) in [5, 5.41) is 11.2. The average Bonchev–Trinajstić information content (AvgIpc) is 2.98. The number of nitrogens with one attached hydrogen (secondary N) is 1. The van der Waals surface area contributed by atoms with Crippen LogP contribution in [0.2, 0.25) is 5.02 Å². The first-order valence-corrected chi connectivity index (χ1v) is 9.63. The van der Waals surface area contributed by atoms with Crippen LogP contribution in [-0.4, -0.2) is 28.3 Å². The van der Waals surface area contributed by atoms with Crippen LogP contribution < -0.4 is 5.32 Å². The lowest BCUT2D eigenvalue weighted by molar-refractivity contribution is -0.118. The smallest absolute Gasteiger partial charge is 0.240 e. The largest absolute Gasteiger partial charge is 0.303 e. The van der Waals surface area contributed by atoms with Crippen molar-refractivity contribution in [2.45, 2.75) is 25.5 Å². The molecule has 7 heteroatoms. The molecule has 0 saturated carbocycles. The van der Waals surface area contributed by atoms with Gasteiger partial charge in [0, 0.05) is 17.0 Å². The number of halogens is 1. The molecule has 0 aliphatic carbocycles. The Morgan fingerprint density at radius 2 is 1.93 bits per heavy atom. The number of amidine groups is 1. The molecule has 1 N–H and O–H groups in total. The van der Waals surface area contributed by atoms with Gasteiger partial charge in [0.25, 0.3) is 0 Å². The van der Waals surface area contributed by atoms with Crippen LogP contribution in [0.5, 0.6) is 0 Å². The Balaban J connectivity index is 1.61. The fourth-order valence-electron chi connectivity index (χ4n) is 2.48. The van der Waals surface area contributed by atoms with Crippen molar-refractivity contribution in [1.29, 1.82) is 0 Å². The zero-order valence-electron chi connectivity index (χ0n) is 14.9. The Bertz CT molecular complexity index is 939. The van der Waals surface area contributed by atoms with Crippen LogP contribution >= 0.6 is 23.4 Å². The number of amides is 1. The van der Waals surface area contributed by atoms with E-state index in [1.165, 1.54) is 11.8 Å². The van der Waals surface area contributed by atoms with Gasteiger partial charge < -0.3 is 5.32 Å². The van der Waals surface area contributed by atoms with E-state index in [9.17, 15) is 9.59 Å². The molecule has 5 nitrogen and oxygen atoms in total. The molecular formula is C20H18ClN3O2S. The van der Waals surface area contributed by atoms with Gasteiger partial charge in [-0.3, -0.25) is 9.59 Å². The molecule has 0 radical (unpaired) electrons. The number of nitrogens with zero attached hydrogens (tertiary/aromatic N) is 2. The molecule has 0 bridgehead atoms. The topological polar surface area (TPSA) is 70.9 Å². The van der Waals surface area contributed by atoms with Crippen LogP contribution in [0.15, 0.2) is 52.7 Å². The van der Waals surface area contributed by atoms with Crippen LogP contribution in [0.4, 0.5) is 0 Å². The van der Waals surface area contributed by atoms with E-state index in [0.717, 1.165) is 16.7 Å². The second-order valence-electron chi connectivity index (χ2n) is 6.22. The highest BCUT2D eigenvalue weighted by atomic mass is 35.5. The third-order valence-electron chi connectivity index (χ3n) is 4.20. The first kappa shape index (κ1) is 19.3. The molecule has 1 aliphatic heterocycles. The van der Waals surface area contributed by atoms with Crippen molar-refractivity contribution in [1.82, 2.24) is 5.32 Å². The van der Waals surface area contributed by atoms with Gasteiger partial charge in [-0.05, 0) is 48.7 Å². The third-order valence-corrected chi connectivity index (χ3v) is 5.53. The lowest BCUT2D eigenvalue weighted by atomic mass is 10.0. The van der Waals surface area contributed by atoms with Gasteiger partial charge in [0.1, 0.15) is 0 Å². The minimum atomic E-state index is -0.497. The molecule has 1 heterocycles.